The first-order valence-electron chi connectivity index (χ1n) is 9.13. The Hall–Kier alpha value is -2.68. The molecule has 3 N–H and O–H groups in total. The van der Waals surface area contributed by atoms with Crippen molar-refractivity contribution in [2.45, 2.75) is 19.6 Å². The number of aromatic nitrogens is 3. The fourth-order valence-corrected chi connectivity index (χ4v) is 5.03. The fraction of sp³-hybridized carbons (Fsp3) is 0.300. The standard InChI is InChI=1S/C20H21N5O2S/c1-11-3-12-5-17(28-19(12)16(4-11)27-2)15-6-13(7-24-8-14(26)9-24)25-18(15)20(21)22-10-23-25/h3-6,10,14,26H,7-9H2,1-2H3,(H2,21,22,23). The molecule has 1 aliphatic rings. The van der Waals surface area contributed by atoms with Crippen LogP contribution in [0.15, 0.2) is 30.6 Å². The van der Waals surface area contributed by atoms with Gasteiger partial charge in [-0.1, -0.05) is 6.07 Å². The molecule has 0 aliphatic carbocycles. The highest BCUT2D eigenvalue weighted by atomic mass is 32.1. The van der Waals surface area contributed by atoms with E-state index in [-0.39, 0.29) is 6.10 Å². The average Bonchev–Trinajstić information content (AvgIpc) is 3.22. The van der Waals surface area contributed by atoms with Crippen molar-refractivity contribution in [2.24, 2.45) is 0 Å². The van der Waals surface area contributed by atoms with Gasteiger partial charge in [-0.05, 0) is 36.1 Å². The van der Waals surface area contributed by atoms with E-state index in [1.54, 1.807) is 18.4 Å². The molecule has 1 fully saturated rings. The Balaban J connectivity index is 1.67. The number of aliphatic hydroxyl groups is 1. The lowest BCUT2D eigenvalue weighted by Crippen LogP contribution is -2.50. The predicted molar refractivity (Wildman–Crippen MR) is 111 cm³/mol. The summed E-state index contributed by atoms with van der Waals surface area (Å²) in [5, 5.41) is 15.2. The van der Waals surface area contributed by atoms with Gasteiger partial charge in [-0.15, -0.1) is 11.3 Å². The molecule has 8 heteroatoms. The van der Waals surface area contributed by atoms with Crippen molar-refractivity contribution in [2.75, 3.05) is 25.9 Å². The van der Waals surface area contributed by atoms with E-state index in [1.165, 1.54) is 6.33 Å². The molecule has 0 bridgehead atoms. The Bertz CT molecular complexity index is 1190. The summed E-state index contributed by atoms with van der Waals surface area (Å²) < 4.78 is 8.57. The van der Waals surface area contributed by atoms with Crippen LogP contribution in [0.2, 0.25) is 0 Å². The van der Waals surface area contributed by atoms with E-state index in [1.807, 2.05) is 4.52 Å². The largest absolute Gasteiger partial charge is 0.495 e. The van der Waals surface area contributed by atoms with Crippen molar-refractivity contribution < 1.29 is 9.84 Å². The maximum absolute atomic E-state index is 9.59. The molecule has 0 atom stereocenters. The summed E-state index contributed by atoms with van der Waals surface area (Å²) in [6.45, 7) is 4.14. The van der Waals surface area contributed by atoms with E-state index < -0.39 is 0 Å². The van der Waals surface area contributed by atoms with Crippen LogP contribution in [-0.2, 0) is 6.54 Å². The van der Waals surface area contributed by atoms with E-state index >= 15 is 0 Å². The lowest BCUT2D eigenvalue weighted by Gasteiger charge is -2.35. The first-order chi connectivity index (χ1) is 13.5. The summed E-state index contributed by atoms with van der Waals surface area (Å²) in [7, 11) is 1.70. The molecule has 0 saturated carbocycles. The third-order valence-electron chi connectivity index (χ3n) is 5.19. The molecule has 7 nitrogen and oxygen atoms in total. The number of nitrogen functional groups attached to an aromatic ring is 1. The van der Waals surface area contributed by atoms with Crippen LogP contribution in [0, 0.1) is 6.92 Å². The molecule has 0 radical (unpaired) electrons. The summed E-state index contributed by atoms with van der Waals surface area (Å²) >= 11 is 1.68. The number of anilines is 1. The smallest absolute Gasteiger partial charge is 0.152 e. The third kappa shape index (κ3) is 2.72. The maximum atomic E-state index is 9.59. The number of likely N-dealkylation sites (tertiary alicyclic amines) is 1. The van der Waals surface area contributed by atoms with E-state index in [4.69, 9.17) is 10.5 Å². The first-order valence-corrected chi connectivity index (χ1v) is 9.95. The van der Waals surface area contributed by atoms with Gasteiger partial charge < -0.3 is 15.6 Å². The number of β-amino-alcohol motifs (C(OH)–C–C–N with tert-alkyl or cyclic N) is 1. The highest BCUT2D eigenvalue weighted by molar-refractivity contribution is 7.22. The number of methoxy groups -OCH3 is 1. The lowest BCUT2D eigenvalue weighted by atomic mass is 10.1. The minimum atomic E-state index is -0.233. The minimum absolute atomic E-state index is 0.233. The van der Waals surface area contributed by atoms with Crippen molar-refractivity contribution >= 4 is 32.8 Å². The molecule has 1 aromatic carbocycles. The van der Waals surface area contributed by atoms with Gasteiger partial charge in [0.15, 0.2) is 5.82 Å². The number of hydrogen-bond acceptors (Lipinski definition) is 7. The van der Waals surface area contributed by atoms with E-state index in [0.29, 0.717) is 25.5 Å². The minimum Gasteiger partial charge on any atom is -0.495 e. The summed E-state index contributed by atoms with van der Waals surface area (Å²) in [5.74, 6) is 1.34. The average molecular weight is 395 g/mol. The second-order valence-corrected chi connectivity index (χ2v) is 8.35. The Morgan fingerprint density at radius 1 is 1.29 bits per heavy atom. The summed E-state index contributed by atoms with van der Waals surface area (Å²) in [6.07, 6.45) is 1.25. The Kier molecular flexibility index (Phi) is 4.01. The molecule has 3 aromatic heterocycles. The van der Waals surface area contributed by atoms with Crippen LogP contribution in [0.3, 0.4) is 0 Å². The topological polar surface area (TPSA) is 88.9 Å². The summed E-state index contributed by atoms with van der Waals surface area (Å²) in [5.41, 5.74) is 10.3. The highest BCUT2D eigenvalue weighted by Gasteiger charge is 2.26. The first kappa shape index (κ1) is 17.4. The Labute approximate surface area is 166 Å². The van der Waals surface area contributed by atoms with Crippen LogP contribution in [0.1, 0.15) is 11.3 Å². The van der Waals surface area contributed by atoms with Gasteiger partial charge in [-0.25, -0.2) is 9.50 Å². The molecule has 0 spiro atoms. The molecule has 5 rings (SSSR count). The Morgan fingerprint density at radius 3 is 2.86 bits per heavy atom. The third-order valence-corrected chi connectivity index (χ3v) is 6.39. The van der Waals surface area contributed by atoms with Crippen LogP contribution in [0.4, 0.5) is 5.82 Å². The summed E-state index contributed by atoms with van der Waals surface area (Å²) in [4.78, 5) is 7.50. The van der Waals surface area contributed by atoms with Gasteiger partial charge >= 0.3 is 0 Å². The molecule has 0 unspecified atom stereocenters. The van der Waals surface area contributed by atoms with Crippen molar-refractivity contribution in [3.63, 3.8) is 0 Å². The molecular weight excluding hydrogens is 374 g/mol. The van der Waals surface area contributed by atoms with E-state index in [9.17, 15) is 5.11 Å². The number of fused-ring (bicyclic) bond motifs is 2. The zero-order chi connectivity index (χ0) is 19.4. The van der Waals surface area contributed by atoms with Crippen molar-refractivity contribution in [3.05, 3.63) is 41.9 Å². The van der Waals surface area contributed by atoms with Crippen LogP contribution >= 0.6 is 11.3 Å². The summed E-state index contributed by atoms with van der Waals surface area (Å²) in [6, 6.07) is 8.53. The van der Waals surface area contributed by atoms with Crippen LogP contribution in [-0.4, -0.2) is 50.9 Å². The second-order valence-electron chi connectivity index (χ2n) is 7.30. The number of nitrogens with zero attached hydrogens (tertiary/aromatic N) is 4. The van der Waals surface area contributed by atoms with Gasteiger partial charge in [0.1, 0.15) is 17.6 Å². The van der Waals surface area contributed by atoms with Gasteiger partial charge in [0.05, 0.1) is 23.6 Å². The molecule has 28 heavy (non-hydrogen) atoms. The van der Waals surface area contributed by atoms with E-state index in [2.05, 4.69) is 46.2 Å². The quantitative estimate of drug-likeness (QED) is 0.552. The molecule has 4 aromatic rings. The predicted octanol–water partition coefficient (Wildman–Crippen LogP) is 2.69. The van der Waals surface area contributed by atoms with Gasteiger partial charge in [0, 0.05) is 30.1 Å². The lowest BCUT2D eigenvalue weighted by molar-refractivity contribution is -0.00380. The normalized spacial score (nSPS) is 15.4. The number of aliphatic hydroxyl groups excluding tert-OH is 1. The maximum Gasteiger partial charge on any atom is 0.152 e. The molecule has 144 valence electrons. The SMILES string of the molecule is COc1cc(C)cc2cc(-c3cc(CN4CC(O)C4)n4ncnc(N)c34)sc12. The molecule has 0 amide bonds. The molecular formula is C20H21N5O2S. The molecule has 1 saturated heterocycles. The number of thiophene rings is 1. The molecule has 1 aliphatic heterocycles. The second kappa shape index (κ2) is 6.44. The van der Waals surface area contributed by atoms with Gasteiger partial charge in [-0.3, -0.25) is 4.90 Å². The van der Waals surface area contributed by atoms with Crippen molar-refractivity contribution in [1.29, 1.82) is 0 Å². The molecule has 4 heterocycles. The fourth-order valence-electron chi connectivity index (χ4n) is 3.88. The van der Waals surface area contributed by atoms with Crippen LogP contribution in [0.5, 0.6) is 5.75 Å². The monoisotopic (exact) mass is 395 g/mol. The van der Waals surface area contributed by atoms with Crippen molar-refractivity contribution in [1.82, 2.24) is 19.5 Å². The number of benzene rings is 1. The van der Waals surface area contributed by atoms with Crippen molar-refractivity contribution in [3.8, 4) is 16.2 Å². The number of nitrogens with two attached hydrogens (primary N) is 1. The highest BCUT2D eigenvalue weighted by Crippen LogP contribution is 2.42. The van der Waals surface area contributed by atoms with Gasteiger partial charge in [-0.2, -0.15) is 5.10 Å². The van der Waals surface area contributed by atoms with Crippen LogP contribution < -0.4 is 10.5 Å². The number of hydrogen-bond donors (Lipinski definition) is 2. The zero-order valence-corrected chi connectivity index (χ0v) is 16.5. The van der Waals surface area contributed by atoms with Gasteiger partial charge in [0.25, 0.3) is 0 Å². The van der Waals surface area contributed by atoms with Crippen LogP contribution in [0.25, 0.3) is 26.0 Å². The number of ether oxygens (including phenoxy) is 1. The Morgan fingerprint density at radius 2 is 2.11 bits per heavy atom. The van der Waals surface area contributed by atoms with Gasteiger partial charge in [0.2, 0.25) is 0 Å². The number of rotatable bonds is 4. The zero-order valence-electron chi connectivity index (χ0n) is 15.7. The number of aryl methyl sites for hydroxylation is 1. The van der Waals surface area contributed by atoms with E-state index in [0.717, 1.165) is 43.1 Å².